The summed E-state index contributed by atoms with van der Waals surface area (Å²) in [6, 6.07) is 11.4. The Bertz CT molecular complexity index is 706. The normalized spacial score (nSPS) is 10.2. The molecule has 2 N–H and O–H groups in total. The number of hydrogen-bond acceptors (Lipinski definition) is 3. The first-order valence-corrected chi connectivity index (χ1v) is 6.89. The van der Waals surface area contributed by atoms with Crippen LogP contribution in [0.4, 0.5) is 0 Å². The number of aromatic carboxylic acids is 2. The lowest BCUT2D eigenvalue weighted by Gasteiger charge is -2.11. The highest BCUT2D eigenvalue weighted by molar-refractivity contribution is 6.02. The minimum atomic E-state index is -1.30. The number of benzene rings is 2. The SMILES string of the molecule is CCCc1ccccc1Oc1ccc(C(=O)O)c(C(=O)O)c1. The van der Waals surface area contributed by atoms with Crippen LogP contribution in [-0.2, 0) is 6.42 Å². The largest absolute Gasteiger partial charge is 0.478 e. The molecular formula is C17H16O5. The molecule has 0 bridgehead atoms. The second kappa shape index (κ2) is 6.76. The molecule has 0 aliphatic rings. The fourth-order valence-electron chi connectivity index (χ4n) is 2.16. The highest BCUT2D eigenvalue weighted by atomic mass is 16.5. The zero-order chi connectivity index (χ0) is 16.1. The van der Waals surface area contributed by atoms with E-state index in [-0.39, 0.29) is 11.1 Å². The molecule has 5 heteroatoms. The Labute approximate surface area is 127 Å². The third-order valence-electron chi connectivity index (χ3n) is 3.17. The van der Waals surface area contributed by atoms with Gasteiger partial charge in [-0.05, 0) is 36.2 Å². The summed E-state index contributed by atoms with van der Waals surface area (Å²) in [6.45, 7) is 2.06. The van der Waals surface area contributed by atoms with Gasteiger partial charge >= 0.3 is 11.9 Å². The predicted octanol–water partition coefficient (Wildman–Crippen LogP) is 3.83. The highest BCUT2D eigenvalue weighted by Gasteiger charge is 2.17. The molecule has 0 spiro atoms. The summed E-state index contributed by atoms with van der Waals surface area (Å²) < 4.78 is 5.73. The van der Waals surface area contributed by atoms with E-state index in [4.69, 9.17) is 14.9 Å². The third kappa shape index (κ3) is 3.44. The predicted molar refractivity (Wildman–Crippen MR) is 80.9 cm³/mol. The molecular weight excluding hydrogens is 284 g/mol. The second-order valence-corrected chi connectivity index (χ2v) is 4.78. The molecule has 2 rings (SSSR count). The molecule has 0 fully saturated rings. The van der Waals surface area contributed by atoms with Crippen LogP contribution in [0, 0.1) is 0 Å². The van der Waals surface area contributed by atoms with Crippen molar-refractivity contribution in [1.29, 1.82) is 0 Å². The van der Waals surface area contributed by atoms with Gasteiger partial charge in [0, 0.05) is 0 Å². The number of aryl methyl sites for hydroxylation is 1. The molecule has 2 aromatic carbocycles. The number of carboxylic acids is 2. The molecule has 0 aliphatic heterocycles. The molecule has 0 unspecified atom stereocenters. The Morgan fingerprint density at radius 1 is 1.00 bits per heavy atom. The molecule has 0 aliphatic carbocycles. The number of rotatable bonds is 6. The van der Waals surface area contributed by atoms with Gasteiger partial charge in [-0.2, -0.15) is 0 Å². The van der Waals surface area contributed by atoms with Crippen LogP contribution in [0.25, 0.3) is 0 Å². The van der Waals surface area contributed by atoms with E-state index in [2.05, 4.69) is 6.92 Å². The first-order chi connectivity index (χ1) is 10.5. The maximum atomic E-state index is 11.2. The van der Waals surface area contributed by atoms with E-state index in [1.54, 1.807) is 6.07 Å². The van der Waals surface area contributed by atoms with Crippen molar-refractivity contribution >= 4 is 11.9 Å². The average Bonchev–Trinajstić information content (AvgIpc) is 2.49. The Morgan fingerprint density at radius 2 is 1.68 bits per heavy atom. The third-order valence-corrected chi connectivity index (χ3v) is 3.17. The van der Waals surface area contributed by atoms with Gasteiger partial charge in [0.1, 0.15) is 11.5 Å². The molecule has 5 nitrogen and oxygen atoms in total. The Kier molecular flexibility index (Phi) is 4.78. The first-order valence-electron chi connectivity index (χ1n) is 6.89. The van der Waals surface area contributed by atoms with Crippen LogP contribution in [0.1, 0.15) is 39.6 Å². The van der Waals surface area contributed by atoms with Crippen LogP contribution in [0.3, 0.4) is 0 Å². The van der Waals surface area contributed by atoms with E-state index in [1.807, 2.05) is 18.2 Å². The Balaban J connectivity index is 2.37. The smallest absolute Gasteiger partial charge is 0.336 e. The number of carbonyl (C=O) groups is 2. The van der Waals surface area contributed by atoms with E-state index in [0.29, 0.717) is 11.5 Å². The van der Waals surface area contributed by atoms with Crippen molar-refractivity contribution < 1.29 is 24.5 Å². The molecule has 2 aromatic rings. The maximum absolute atomic E-state index is 11.2. The van der Waals surface area contributed by atoms with E-state index in [0.717, 1.165) is 18.4 Å². The monoisotopic (exact) mass is 300 g/mol. The fourth-order valence-corrected chi connectivity index (χ4v) is 2.16. The van der Waals surface area contributed by atoms with Crippen molar-refractivity contribution in [3.8, 4) is 11.5 Å². The Hall–Kier alpha value is -2.82. The van der Waals surface area contributed by atoms with Gasteiger partial charge in [0.15, 0.2) is 0 Å². The maximum Gasteiger partial charge on any atom is 0.336 e. The minimum Gasteiger partial charge on any atom is -0.478 e. The van der Waals surface area contributed by atoms with Gasteiger partial charge in [-0.15, -0.1) is 0 Å². The topological polar surface area (TPSA) is 83.8 Å². The highest BCUT2D eigenvalue weighted by Crippen LogP contribution is 2.28. The number of carboxylic acid groups (broad SMARTS) is 2. The van der Waals surface area contributed by atoms with Gasteiger partial charge in [-0.25, -0.2) is 9.59 Å². The minimum absolute atomic E-state index is 0.262. The second-order valence-electron chi connectivity index (χ2n) is 4.78. The molecule has 0 atom stereocenters. The van der Waals surface area contributed by atoms with Gasteiger partial charge in [0.05, 0.1) is 11.1 Å². The summed E-state index contributed by atoms with van der Waals surface area (Å²) in [5, 5.41) is 18.1. The molecule has 22 heavy (non-hydrogen) atoms. The lowest BCUT2D eigenvalue weighted by molar-refractivity contribution is 0.0651. The quantitative estimate of drug-likeness (QED) is 0.847. The average molecular weight is 300 g/mol. The molecule has 0 amide bonds. The summed E-state index contributed by atoms with van der Waals surface area (Å²) >= 11 is 0. The van der Waals surface area contributed by atoms with E-state index in [9.17, 15) is 9.59 Å². The molecule has 0 saturated carbocycles. The van der Waals surface area contributed by atoms with Gasteiger partial charge in [0.2, 0.25) is 0 Å². The van der Waals surface area contributed by atoms with E-state index in [1.165, 1.54) is 18.2 Å². The summed E-state index contributed by atoms with van der Waals surface area (Å²) in [6.07, 6.45) is 1.80. The van der Waals surface area contributed by atoms with Crippen molar-refractivity contribution in [3.05, 3.63) is 59.2 Å². The zero-order valence-corrected chi connectivity index (χ0v) is 12.1. The van der Waals surface area contributed by atoms with Crippen LogP contribution in [0.15, 0.2) is 42.5 Å². The summed E-state index contributed by atoms with van der Waals surface area (Å²) in [5.74, 6) is -1.64. The van der Waals surface area contributed by atoms with Crippen molar-refractivity contribution in [1.82, 2.24) is 0 Å². The van der Waals surface area contributed by atoms with E-state index < -0.39 is 11.9 Å². The number of para-hydroxylation sites is 1. The molecule has 114 valence electrons. The van der Waals surface area contributed by atoms with Gasteiger partial charge < -0.3 is 14.9 Å². The van der Waals surface area contributed by atoms with Crippen molar-refractivity contribution in [3.63, 3.8) is 0 Å². The van der Waals surface area contributed by atoms with Crippen LogP contribution < -0.4 is 4.74 Å². The summed E-state index contributed by atoms with van der Waals surface area (Å²) in [5.41, 5.74) is 0.462. The van der Waals surface area contributed by atoms with Crippen molar-refractivity contribution in [2.24, 2.45) is 0 Å². The van der Waals surface area contributed by atoms with Crippen LogP contribution in [-0.4, -0.2) is 22.2 Å². The van der Waals surface area contributed by atoms with E-state index >= 15 is 0 Å². The van der Waals surface area contributed by atoms with Gasteiger partial charge in [-0.3, -0.25) is 0 Å². The lowest BCUT2D eigenvalue weighted by Crippen LogP contribution is -2.08. The number of hydrogen-bond donors (Lipinski definition) is 2. The van der Waals surface area contributed by atoms with Crippen LogP contribution in [0.5, 0.6) is 11.5 Å². The summed E-state index contributed by atoms with van der Waals surface area (Å²) in [7, 11) is 0. The molecule has 0 radical (unpaired) electrons. The Morgan fingerprint density at radius 3 is 2.32 bits per heavy atom. The summed E-state index contributed by atoms with van der Waals surface area (Å²) in [4.78, 5) is 22.2. The van der Waals surface area contributed by atoms with Gasteiger partial charge in [0.25, 0.3) is 0 Å². The standard InChI is InChI=1S/C17H16O5/c1-2-5-11-6-3-4-7-15(11)22-12-8-9-13(16(18)19)14(10-12)17(20)21/h3-4,6-10H,2,5H2,1H3,(H,18,19)(H,20,21). The van der Waals surface area contributed by atoms with Gasteiger partial charge in [-0.1, -0.05) is 31.5 Å². The fraction of sp³-hybridized carbons (Fsp3) is 0.176. The first kappa shape index (κ1) is 15.6. The van der Waals surface area contributed by atoms with Crippen LogP contribution in [0.2, 0.25) is 0 Å². The molecule has 0 heterocycles. The van der Waals surface area contributed by atoms with Crippen LogP contribution >= 0.6 is 0 Å². The zero-order valence-electron chi connectivity index (χ0n) is 12.1. The molecule has 0 saturated heterocycles. The van der Waals surface area contributed by atoms with Crippen molar-refractivity contribution in [2.45, 2.75) is 19.8 Å². The number of ether oxygens (including phenoxy) is 1. The van der Waals surface area contributed by atoms with Crippen molar-refractivity contribution in [2.75, 3.05) is 0 Å². The lowest BCUT2D eigenvalue weighted by atomic mass is 10.1. The molecule has 0 aromatic heterocycles.